The van der Waals surface area contributed by atoms with Crippen molar-refractivity contribution in [3.05, 3.63) is 0 Å². The summed E-state index contributed by atoms with van der Waals surface area (Å²) >= 11 is 0. The monoisotopic (exact) mass is 290 g/mol. The fourth-order valence-corrected chi connectivity index (χ4v) is 5.77. The van der Waals surface area contributed by atoms with Crippen molar-refractivity contribution >= 4 is 0 Å². The second-order valence-electron chi connectivity index (χ2n) is 7.92. The molecule has 0 amide bonds. The Morgan fingerprint density at radius 2 is 1.43 bits per heavy atom. The Kier molecular flexibility index (Phi) is 2.43. The second-order valence-corrected chi connectivity index (χ2v) is 7.92. The average molecular weight is 290 g/mol. The number of nitrogens with one attached hydrogen (secondary N) is 2. The Balaban J connectivity index is 1.19. The molecular weight excluding hydrogens is 264 g/mol. The van der Waals surface area contributed by atoms with Gasteiger partial charge in [0.2, 0.25) is 0 Å². The minimum absolute atomic E-state index is 0.767. The van der Waals surface area contributed by atoms with Crippen molar-refractivity contribution in [1.82, 2.24) is 30.7 Å². The van der Waals surface area contributed by atoms with Gasteiger partial charge in [0.25, 0.3) is 0 Å². The van der Waals surface area contributed by atoms with Gasteiger partial charge in [-0.2, -0.15) is 0 Å². The largest absolute Gasteiger partial charge is 0.313 e. The van der Waals surface area contributed by atoms with Gasteiger partial charge in [-0.15, -0.1) is 0 Å². The van der Waals surface area contributed by atoms with Crippen molar-refractivity contribution < 1.29 is 0 Å². The van der Waals surface area contributed by atoms with Crippen LogP contribution in [0.3, 0.4) is 0 Å². The molecule has 0 aliphatic carbocycles. The smallest absolute Gasteiger partial charge is 0.0557 e. The highest BCUT2D eigenvalue weighted by Gasteiger charge is 2.58. The SMILES string of the molecule is C1CC2CN(N3CC4CC3CN4)C1CN2N1C2CNCC21. The topological polar surface area (TPSA) is 36.8 Å². The highest BCUT2D eigenvalue weighted by atomic mass is 15.8. The van der Waals surface area contributed by atoms with Crippen molar-refractivity contribution in [2.45, 2.75) is 55.5 Å². The van der Waals surface area contributed by atoms with Gasteiger partial charge in [0, 0.05) is 63.4 Å². The second kappa shape index (κ2) is 4.19. The van der Waals surface area contributed by atoms with E-state index in [4.69, 9.17) is 0 Å². The molecule has 7 saturated heterocycles. The van der Waals surface area contributed by atoms with Crippen LogP contribution in [0.25, 0.3) is 0 Å². The van der Waals surface area contributed by atoms with Crippen LogP contribution in [0.1, 0.15) is 19.3 Å². The van der Waals surface area contributed by atoms with E-state index in [0.29, 0.717) is 0 Å². The normalized spacial score (nSPS) is 56.3. The number of fused-ring (bicyclic) bond motifs is 6. The zero-order valence-corrected chi connectivity index (χ0v) is 12.6. The van der Waals surface area contributed by atoms with Gasteiger partial charge >= 0.3 is 0 Å². The molecule has 116 valence electrons. The van der Waals surface area contributed by atoms with Crippen LogP contribution in [0.4, 0.5) is 0 Å². The lowest BCUT2D eigenvalue weighted by molar-refractivity contribution is -0.184. The summed E-state index contributed by atoms with van der Waals surface area (Å²) in [4.78, 5) is 0. The van der Waals surface area contributed by atoms with Crippen LogP contribution in [0.2, 0.25) is 0 Å². The van der Waals surface area contributed by atoms with Gasteiger partial charge in [0.05, 0.1) is 12.1 Å². The van der Waals surface area contributed by atoms with Crippen molar-refractivity contribution in [1.29, 1.82) is 0 Å². The molecule has 0 aromatic heterocycles. The van der Waals surface area contributed by atoms with E-state index in [2.05, 4.69) is 30.7 Å². The third kappa shape index (κ3) is 1.63. The van der Waals surface area contributed by atoms with Crippen LogP contribution in [0, 0.1) is 0 Å². The molecular formula is C15H26N6. The highest BCUT2D eigenvalue weighted by molar-refractivity contribution is 5.11. The molecule has 7 fully saturated rings. The summed E-state index contributed by atoms with van der Waals surface area (Å²) in [6.07, 6.45) is 4.19. The van der Waals surface area contributed by atoms with E-state index in [-0.39, 0.29) is 0 Å². The molecule has 4 bridgehead atoms. The summed E-state index contributed by atoms with van der Waals surface area (Å²) in [6, 6.07) is 4.74. The number of hydrogen-bond donors (Lipinski definition) is 2. The molecule has 0 saturated carbocycles. The number of hydrogen-bond acceptors (Lipinski definition) is 6. The minimum Gasteiger partial charge on any atom is -0.313 e. The molecule has 7 rings (SSSR count). The molecule has 0 radical (unpaired) electrons. The van der Waals surface area contributed by atoms with Gasteiger partial charge in [-0.1, -0.05) is 0 Å². The van der Waals surface area contributed by atoms with Gasteiger partial charge in [0.15, 0.2) is 0 Å². The van der Waals surface area contributed by atoms with Gasteiger partial charge < -0.3 is 10.6 Å². The van der Waals surface area contributed by atoms with E-state index in [1.807, 2.05) is 0 Å². The molecule has 6 nitrogen and oxygen atoms in total. The standard InChI is InChI=1S/C15H26N6/c1-2-12-8-19(18-7-10-3-13(18)4-17-10)11(1)9-20(12)21-14-5-16-6-15(14)21/h10-17H,1-9H2. The van der Waals surface area contributed by atoms with Crippen molar-refractivity contribution in [2.75, 3.05) is 39.3 Å². The minimum atomic E-state index is 0.767. The maximum absolute atomic E-state index is 3.64. The molecule has 7 aliphatic heterocycles. The summed E-state index contributed by atoms with van der Waals surface area (Å²) < 4.78 is 0. The van der Waals surface area contributed by atoms with Gasteiger partial charge in [-0.25, -0.2) is 20.0 Å². The summed E-state index contributed by atoms with van der Waals surface area (Å²) in [6.45, 7) is 7.45. The zero-order chi connectivity index (χ0) is 13.6. The van der Waals surface area contributed by atoms with Crippen LogP contribution in [-0.2, 0) is 0 Å². The number of rotatable bonds is 2. The summed E-state index contributed by atoms with van der Waals surface area (Å²) in [7, 11) is 0. The van der Waals surface area contributed by atoms with Gasteiger partial charge in [-0.05, 0) is 19.3 Å². The predicted molar refractivity (Wildman–Crippen MR) is 79.4 cm³/mol. The molecule has 7 aliphatic rings. The van der Waals surface area contributed by atoms with Crippen molar-refractivity contribution in [3.63, 3.8) is 0 Å². The fourth-order valence-electron chi connectivity index (χ4n) is 5.77. The van der Waals surface area contributed by atoms with E-state index >= 15 is 0 Å². The van der Waals surface area contributed by atoms with E-state index in [9.17, 15) is 0 Å². The number of nitrogens with zero attached hydrogens (tertiary/aromatic N) is 4. The fraction of sp³-hybridized carbons (Fsp3) is 1.00. The third-order valence-electron chi connectivity index (χ3n) is 6.87. The van der Waals surface area contributed by atoms with Crippen LogP contribution in [-0.4, -0.2) is 95.6 Å². The zero-order valence-electron chi connectivity index (χ0n) is 12.6. The third-order valence-corrected chi connectivity index (χ3v) is 6.87. The first-order chi connectivity index (χ1) is 10.4. The maximum Gasteiger partial charge on any atom is 0.0557 e. The molecule has 0 aromatic rings. The molecule has 6 unspecified atom stereocenters. The number of hydrazine groups is 2. The first kappa shape index (κ1) is 12.2. The van der Waals surface area contributed by atoms with Crippen LogP contribution in [0.5, 0.6) is 0 Å². The maximum atomic E-state index is 3.64. The van der Waals surface area contributed by atoms with E-state index in [0.717, 1.165) is 36.3 Å². The molecule has 7 heterocycles. The Labute approximate surface area is 126 Å². The van der Waals surface area contributed by atoms with Crippen molar-refractivity contribution in [3.8, 4) is 0 Å². The Morgan fingerprint density at radius 3 is 2.05 bits per heavy atom. The first-order valence-corrected chi connectivity index (χ1v) is 8.90. The van der Waals surface area contributed by atoms with Crippen molar-refractivity contribution in [2.24, 2.45) is 0 Å². The Morgan fingerprint density at radius 1 is 0.714 bits per heavy atom. The van der Waals surface area contributed by atoms with Gasteiger partial charge in [-0.3, -0.25) is 0 Å². The van der Waals surface area contributed by atoms with Gasteiger partial charge in [0.1, 0.15) is 0 Å². The summed E-state index contributed by atoms with van der Waals surface area (Å²) in [5, 5.41) is 18.1. The lowest BCUT2D eigenvalue weighted by Crippen LogP contribution is -2.69. The van der Waals surface area contributed by atoms with E-state index in [1.54, 1.807) is 0 Å². The first-order valence-electron chi connectivity index (χ1n) is 8.90. The number of piperazine rings is 3. The quantitative estimate of drug-likeness (QED) is 0.614. The highest BCUT2D eigenvalue weighted by Crippen LogP contribution is 2.41. The van der Waals surface area contributed by atoms with E-state index < -0.39 is 0 Å². The Hall–Kier alpha value is -0.240. The lowest BCUT2D eigenvalue weighted by atomic mass is 9.93. The molecule has 2 N–H and O–H groups in total. The van der Waals surface area contributed by atoms with E-state index in [1.165, 1.54) is 58.5 Å². The molecule has 0 spiro atoms. The van der Waals surface area contributed by atoms with Crippen LogP contribution in [0.15, 0.2) is 0 Å². The summed E-state index contributed by atoms with van der Waals surface area (Å²) in [5.41, 5.74) is 0. The molecule has 21 heavy (non-hydrogen) atoms. The predicted octanol–water partition coefficient (Wildman–Crippen LogP) is -1.33. The number of piperidine rings is 2. The summed E-state index contributed by atoms with van der Waals surface area (Å²) in [5.74, 6) is 0. The molecule has 6 heteroatoms. The lowest BCUT2D eigenvalue weighted by Gasteiger charge is -2.55. The molecule has 6 atom stereocenters. The van der Waals surface area contributed by atoms with Crippen LogP contribution >= 0.6 is 0 Å². The average Bonchev–Trinajstić information content (AvgIpc) is 3.01. The Bertz CT molecular complexity index is 447. The molecule has 0 aromatic carbocycles. The van der Waals surface area contributed by atoms with Crippen LogP contribution < -0.4 is 10.6 Å².